The third kappa shape index (κ3) is 6.16. The monoisotopic (exact) mass is 333 g/mol. The number of hydrogen-bond acceptors (Lipinski definition) is 4. The summed E-state index contributed by atoms with van der Waals surface area (Å²) < 4.78 is 10.8. The van der Waals surface area contributed by atoms with Crippen molar-refractivity contribution in [3.8, 4) is 5.75 Å². The Bertz CT molecular complexity index is 490. The van der Waals surface area contributed by atoms with Crippen LogP contribution in [0.5, 0.6) is 5.75 Å². The highest BCUT2D eigenvalue weighted by molar-refractivity contribution is 5.69. The van der Waals surface area contributed by atoms with Crippen LogP contribution in [0.4, 0.5) is 0 Å². The lowest BCUT2D eigenvalue weighted by molar-refractivity contribution is -0.144. The first-order valence-electron chi connectivity index (χ1n) is 9.11. The average Bonchev–Trinajstić information content (AvgIpc) is 2.56. The Balaban J connectivity index is 1.76. The van der Waals surface area contributed by atoms with Crippen molar-refractivity contribution in [2.45, 2.75) is 44.9 Å². The zero-order chi connectivity index (χ0) is 17.4. The summed E-state index contributed by atoms with van der Waals surface area (Å²) in [6.45, 7) is 3.98. The maximum atomic E-state index is 11.6. The van der Waals surface area contributed by atoms with Gasteiger partial charge in [0.1, 0.15) is 12.4 Å². The smallest absolute Gasteiger partial charge is 0.306 e. The molecule has 4 nitrogen and oxygen atoms in total. The van der Waals surface area contributed by atoms with E-state index in [1.807, 2.05) is 21.0 Å². The molecule has 4 heteroatoms. The quantitative estimate of drug-likeness (QED) is 0.677. The zero-order valence-corrected chi connectivity index (χ0v) is 15.3. The number of likely N-dealkylation sites (N-methyl/N-ethyl adjacent to an activating group) is 1. The Morgan fingerprint density at radius 1 is 1.12 bits per heavy atom. The lowest BCUT2D eigenvalue weighted by Crippen LogP contribution is -2.19. The summed E-state index contributed by atoms with van der Waals surface area (Å²) in [5, 5.41) is 0. The number of rotatable bonds is 8. The van der Waals surface area contributed by atoms with Crippen LogP contribution in [-0.4, -0.2) is 44.7 Å². The van der Waals surface area contributed by atoms with Gasteiger partial charge in [0.05, 0.1) is 6.61 Å². The first-order chi connectivity index (χ1) is 11.6. The van der Waals surface area contributed by atoms with Crippen molar-refractivity contribution < 1.29 is 14.3 Å². The molecule has 134 valence electrons. The van der Waals surface area contributed by atoms with E-state index >= 15 is 0 Å². The van der Waals surface area contributed by atoms with E-state index in [1.165, 1.54) is 5.56 Å². The van der Waals surface area contributed by atoms with Crippen LogP contribution < -0.4 is 4.74 Å². The number of esters is 1. The van der Waals surface area contributed by atoms with Gasteiger partial charge in [-0.15, -0.1) is 0 Å². The van der Waals surface area contributed by atoms with Crippen molar-refractivity contribution >= 4 is 5.97 Å². The van der Waals surface area contributed by atoms with Crippen molar-refractivity contribution in [3.05, 3.63) is 29.8 Å². The summed E-state index contributed by atoms with van der Waals surface area (Å²) in [5.74, 6) is 2.00. The van der Waals surface area contributed by atoms with Gasteiger partial charge >= 0.3 is 5.97 Å². The Morgan fingerprint density at radius 3 is 2.38 bits per heavy atom. The van der Waals surface area contributed by atoms with Crippen molar-refractivity contribution in [1.82, 2.24) is 4.90 Å². The lowest BCUT2D eigenvalue weighted by Gasteiger charge is -2.28. The number of hydrogen-bond donors (Lipinski definition) is 0. The van der Waals surface area contributed by atoms with E-state index in [0.29, 0.717) is 31.5 Å². The van der Waals surface area contributed by atoms with Crippen LogP contribution in [0, 0.1) is 5.92 Å². The van der Waals surface area contributed by atoms with E-state index in [1.54, 1.807) is 0 Å². The fraction of sp³-hybridized carbons (Fsp3) is 0.650. The largest absolute Gasteiger partial charge is 0.492 e. The van der Waals surface area contributed by atoms with Crippen molar-refractivity contribution in [2.75, 3.05) is 33.9 Å². The molecule has 0 N–H and O–H groups in total. The first kappa shape index (κ1) is 18.8. The van der Waals surface area contributed by atoms with Crippen LogP contribution in [-0.2, 0) is 9.53 Å². The predicted molar refractivity (Wildman–Crippen MR) is 96.4 cm³/mol. The van der Waals surface area contributed by atoms with E-state index < -0.39 is 0 Å². The lowest BCUT2D eigenvalue weighted by atomic mass is 9.77. The highest BCUT2D eigenvalue weighted by Gasteiger charge is 2.24. The standard InChI is InChI=1S/C20H31NO3/c1-4-23-20(22)15-16-5-7-17(8-6-16)18-9-11-19(12-10-18)24-14-13-21(2)3/h9-12,16-17H,4-8,13-15H2,1-3H3. The van der Waals surface area contributed by atoms with Gasteiger partial charge in [0.25, 0.3) is 0 Å². The molecule has 1 saturated carbocycles. The highest BCUT2D eigenvalue weighted by Crippen LogP contribution is 2.37. The summed E-state index contributed by atoms with van der Waals surface area (Å²) in [6.07, 6.45) is 5.13. The molecule has 1 aliphatic carbocycles. The number of carbonyl (C=O) groups excluding carboxylic acids is 1. The fourth-order valence-electron chi connectivity index (χ4n) is 3.34. The molecular formula is C20H31NO3. The van der Waals surface area contributed by atoms with Gasteiger partial charge in [-0.05, 0) is 76.2 Å². The topological polar surface area (TPSA) is 38.8 Å². The van der Waals surface area contributed by atoms with Crippen LogP contribution in [0.15, 0.2) is 24.3 Å². The molecule has 0 spiro atoms. The predicted octanol–water partition coefficient (Wildman–Crippen LogP) is 3.85. The third-order valence-electron chi connectivity index (χ3n) is 4.77. The van der Waals surface area contributed by atoms with Crippen LogP contribution in [0.3, 0.4) is 0 Å². The molecular weight excluding hydrogens is 302 g/mol. The summed E-state index contributed by atoms with van der Waals surface area (Å²) in [7, 11) is 4.09. The second-order valence-electron chi connectivity index (χ2n) is 6.95. The Hall–Kier alpha value is -1.55. The van der Waals surface area contributed by atoms with E-state index in [9.17, 15) is 4.79 Å². The number of nitrogens with zero attached hydrogens (tertiary/aromatic N) is 1. The SMILES string of the molecule is CCOC(=O)CC1CCC(c2ccc(OCCN(C)C)cc2)CC1. The van der Waals surface area contributed by atoms with Gasteiger partial charge in [-0.1, -0.05) is 12.1 Å². The molecule has 0 heterocycles. The molecule has 1 aliphatic rings. The van der Waals surface area contributed by atoms with E-state index in [2.05, 4.69) is 29.2 Å². The molecule has 2 rings (SSSR count). The minimum atomic E-state index is -0.0415. The summed E-state index contributed by atoms with van der Waals surface area (Å²) in [6, 6.07) is 8.55. The van der Waals surface area contributed by atoms with Gasteiger partial charge in [0, 0.05) is 13.0 Å². The minimum absolute atomic E-state index is 0.0415. The van der Waals surface area contributed by atoms with Crippen LogP contribution in [0.25, 0.3) is 0 Å². The Kier molecular flexibility index (Phi) is 7.57. The van der Waals surface area contributed by atoms with Gasteiger partial charge in [-0.2, -0.15) is 0 Å². The van der Waals surface area contributed by atoms with Gasteiger partial charge < -0.3 is 14.4 Å². The second-order valence-corrected chi connectivity index (χ2v) is 6.95. The zero-order valence-electron chi connectivity index (χ0n) is 15.3. The highest BCUT2D eigenvalue weighted by atomic mass is 16.5. The molecule has 1 fully saturated rings. The van der Waals surface area contributed by atoms with Crippen LogP contribution in [0.1, 0.15) is 50.5 Å². The molecule has 24 heavy (non-hydrogen) atoms. The number of benzene rings is 1. The van der Waals surface area contributed by atoms with Crippen molar-refractivity contribution in [1.29, 1.82) is 0 Å². The van der Waals surface area contributed by atoms with Crippen LogP contribution in [0.2, 0.25) is 0 Å². The van der Waals surface area contributed by atoms with E-state index in [4.69, 9.17) is 9.47 Å². The van der Waals surface area contributed by atoms with Gasteiger partial charge in [0.15, 0.2) is 0 Å². The molecule has 0 aliphatic heterocycles. The van der Waals surface area contributed by atoms with Crippen LogP contribution >= 0.6 is 0 Å². The molecule has 0 aromatic heterocycles. The van der Waals surface area contributed by atoms with Crippen molar-refractivity contribution in [3.63, 3.8) is 0 Å². The van der Waals surface area contributed by atoms with Gasteiger partial charge in [-0.25, -0.2) is 0 Å². The normalized spacial score (nSPS) is 20.8. The average molecular weight is 333 g/mol. The van der Waals surface area contributed by atoms with E-state index in [0.717, 1.165) is 38.0 Å². The number of carbonyl (C=O) groups is 1. The maximum Gasteiger partial charge on any atom is 0.306 e. The molecule has 0 unspecified atom stereocenters. The third-order valence-corrected chi connectivity index (χ3v) is 4.77. The molecule has 0 atom stereocenters. The van der Waals surface area contributed by atoms with Gasteiger partial charge in [0.2, 0.25) is 0 Å². The molecule has 0 amide bonds. The number of ether oxygens (including phenoxy) is 2. The molecule has 0 saturated heterocycles. The summed E-state index contributed by atoms with van der Waals surface area (Å²) in [5.41, 5.74) is 1.39. The van der Waals surface area contributed by atoms with Crippen molar-refractivity contribution in [2.24, 2.45) is 5.92 Å². The second kappa shape index (κ2) is 9.67. The van der Waals surface area contributed by atoms with E-state index in [-0.39, 0.29) is 5.97 Å². The maximum absolute atomic E-state index is 11.6. The summed E-state index contributed by atoms with van der Waals surface area (Å²) in [4.78, 5) is 13.7. The molecule has 1 aromatic rings. The first-order valence-corrected chi connectivity index (χ1v) is 9.11. The molecule has 0 bridgehead atoms. The summed E-state index contributed by atoms with van der Waals surface area (Å²) >= 11 is 0. The molecule has 0 radical (unpaired) electrons. The van der Waals surface area contributed by atoms with Gasteiger partial charge in [-0.3, -0.25) is 4.79 Å². The Labute approximate surface area is 146 Å². The molecule has 1 aromatic carbocycles. The fourth-order valence-corrected chi connectivity index (χ4v) is 3.34. The minimum Gasteiger partial charge on any atom is -0.492 e. The Morgan fingerprint density at radius 2 is 1.79 bits per heavy atom.